The summed E-state index contributed by atoms with van der Waals surface area (Å²) in [4.78, 5) is 11.5. The van der Waals surface area contributed by atoms with E-state index in [0.29, 0.717) is 12.0 Å². The summed E-state index contributed by atoms with van der Waals surface area (Å²) in [6, 6.07) is 1.65. The molecule has 1 aromatic heterocycles. The van der Waals surface area contributed by atoms with Crippen LogP contribution in [0, 0.1) is 0 Å². The standard InChI is InChI=1S/C11H14F3NOS/c1-2-3-10(16)9-4-5-15(8-9)6-7-17-11(12,13)14/h4-5,8H,2-3,6-7H2,1H3. The summed E-state index contributed by atoms with van der Waals surface area (Å²) in [6.07, 6.45) is 4.49. The molecule has 1 heterocycles. The lowest BCUT2D eigenvalue weighted by molar-refractivity contribution is -0.0328. The molecule has 2 nitrogen and oxygen atoms in total. The van der Waals surface area contributed by atoms with Crippen molar-refractivity contribution in [2.24, 2.45) is 0 Å². The third-order valence-electron chi connectivity index (χ3n) is 2.16. The van der Waals surface area contributed by atoms with Gasteiger partial charge in [-0.3, -0.25) is 4.79 Å². The van der Waals surface area contributed by atoms with Gasteiger partial charge in [-0.1, -0.05) is 6.92 Å². The van der Waals surface area contributed by atoms with Gasteiger partial charge in [0.15, 0.2) is 5.78 Å². The molecular formula is C11H14F3NOS. The van der Waals surface area contributed by atoms with E-state index in [1.807, 2.05) is 6.92 Å². The van der Waals surface area contributed by atoms with Crippen molar-refractivity contribution in [3.63, 3.8) is 0 Å². The van der Waals surface area contributed by atoms with Crippen molar-refractivity contribution >= 4 is 17.5 Å². The van der Waals surface area contributed by atoms with Crippen molar-refractivity contribution in [2.45, 2.75) is 31.8 Å². The molecule has 0 aliphatic rings. The molecule has 0 fully saturated rings. The van der Waals surface area contributed by atoms with Gasteiger partial charge in [-0.05, 0) is 24.2 Å². The van der Waals surface area contributed by atoms with Gasteiger partial charge in [0.25, 0.3) is 0 Å². The lowest BCUT2D eigenvalue weighted by Gasteiger charge is -2.05. The minimum Gasteiger partial charge on any atom is -0.353 e. The second-order valence-electron chi connectivity index (χ2n) is 3.61. The molecule has 17 heavy (non-hydrogen) atoms. The van der Waals surface area contributed by atoms with Crippen LogP contribution < -0.4 is 0 Å². The van der Waals surface area contributed by atoms with E-state index in [9.17, 15) is 18.0 Å². The first kappa shape index (κ1) is 14.2. The molecule has 0 radical (unpaired) electrons. The van der Waals surface area contributed by atoms with Crippen LogP contribution in [0.15, 0.2) is 18.5 Å². The Balaban J connectivity index is 2.43. The molecule has 0 saturated carbocycles. The monoisotopic (exact) mass is 265 g/mol. The molecule has 0 N–H and O–H groups in total. The first-order chi connectivity index (χ1) is 7.92. The van der Waals surface area contributed by atoms with Gasteiger partial charge in [0.1, 0.15) is 0 Å². The Kier molecular flexibility index (Phi) is 5.11. The highest BCUT2D eigenvalue weighted by Gasteiger charge is 2.27. The number of carbonyl (C=O) groups is 1. The second kappa shape index (κ2) is 6.14. The number of alkyl halides is 3. The molecule has 0 saturated heterocycles. The number of ketones is 1. The smallest absolute Gasteiger partial charge is 0.353 e. The Morgan fingerprint density at radius 1 is 1.47 bits per heavy atom. The fourth-order valence-electron chi connectivity index (χ4n) is 1.38. The number of hydrogen-bond donors (Lipinski definition) is 0. The fraction of sp³-hybridized carbons (Fsp3) is 0.545. The van der Waals surface area contributed by atoms with Crippen LogP contribution in [0.3, 0.4) is 0 Å². The van der Waals surface area contributed by atoms with Crippen molar-refractivity contribution in [2.75, 3.05) is 5.75 Å². The molecular weight excluding hydrogens is 251 g/mol. The average Bonchev–Trinajstić information content (AvgIpc) is 2.65. The molecule has 0 aromatic carbocycles. The number of Topliss-reactive ketones (excluding diaryl/α,β-unsaturated/α-hetero) is 1. The number of halogens is 3. The van der Waals surface area contributed by atoms with Crippen LogP contribution >= 0.6 is 11.8 Å². The van der Waals surface area contributed by atoms with Gasteiger partial charge >= 0.3 is 5.51 Å². The maximum absolute atomic E-state index is 11.9. The number of thioether (sulfide) groups is 1. The van der Waals surface area contributed by atoms with Crippen LogP contribution in [-0.2, 0) is 6.54 Å². The van der Waals surface area contributed by atoms with Gasteiger partial charge in [-0.2, -0.15) is 13.2 Å². The third-order valence-corrected chi connectivity index (χ3v) is 2.88. The summed E-state index contributed by atoms with van der Waals surface area (Å²) >= 11 is -0.0494. The molecule has 96 valence electrons. The predicted molar refractivity (Wildman–Crippen MR) is 62.2 cm³/mol. The molecule has 0 aliphatic heterocycles. The van der Waals surface area contributed by atoms with Gasteiger partial charge < -0.3 is 4.57 Å². The van der Waals surface area contributed by atoms with Gasteiger partial charge in [-0.15, -0.1) is 0 Å². The normalized spacial score (nSPS) is 11.8. The predicted octanol–water partition coefficient (Wildman–Crippen LogP) is 3.72. The van der Waals surface area contributed by atoms with Crippen LogP contribution in [-0.4, -0.2) is 21.6 Å². The van der Waals surface area contributed by atoms with Crippen molar-refractivity contribution in [1.82, 2.24) is 4.57 Å². The van der Waals surface area contributed by atoms with E-state index in [4.69, 9.17) is 0 Å². The number of aromatic nitrogens is 1. The summed E-state index contributed by atoms with van der Waals surface area (Å²) in [5.41, 5.74) is -3.61. The first-order valence-corrected chi connectivity index (χ1v) is 6.30. The van der Waals surface area contributed by atoms with Crippen LogP contribution in [0.1, 0.15) is 30.1 Å². The molecule has 1 aromatic rings. The van der Waals surface area contributed by atoms with Gasteiger partial charge in [0.2, 0.25) is 0 Å². The minimum absolute atomic E-state index is 0.0368. The zero-order valence-electron chi connectivity index (χ0n) is 9.46. The Morgan fingerprint density at radius 2 is 2.18 bits per heavy atom. The lowest BCUT2D eigenvalue weighted by atomic mass is 10.1. The maximum Gasteiger partial charge on any atom is 0.441 e. The number of hydrogen-bond acceptors (Lipinski definition) is 2. The lowest BCUT2D eigenvalue weighted by Crippen LogP contribution is -2.06. The zero-order valence-corrected chi connectivity index (χ0v) is 10.3. The second-order valence-corrected chi connectivity index (χ2v) is 4.77. The van der Waals surface area contributed by atoms with Crippen LogP contribution in [0.4, 0.5) is 13.2 Å². The molecule has 0 bridgehead atoms. The maximum atomic E-state index is 11.9. The summed E-state index contributed by atoms with van der Waals surface area (Å²) in [6.45, 7) is 2.17. The summed E-state index contributed by atoms with van der Waals surface area (Å²) < 4.78 is 37.3. The average molecular weight is 265 g/mol. The summed E-state index contributed by atoms with van der Waals surface area (Å²) in [7, 11) is 0. The SMILES string of the molecule is CCCC(=O)c1ccn(CCSC(F)(F)F)c1. The van der Waals surface area contributed by atoms with E-state index in [1.165, 1.54) is 0 Å². The molecule has 1 rings (SSSR count). The van der Waals surface area contributed by atoms with Crippen LogP contribution in [0.2, 0.25) is 0 Å². The van der Waals surface area contributed by atoms with Crippen LogP contribution in [0.5, 0.6) is 0 Å². The Bertz CT molecular complexity index is 373. The van der Waals surface area contributed by atoms with E-state index < -0.39 is 5.51 Å². The van der Waals surface area contributed by atoms with E-state index >= 15 is 0 Å². The Hall–Kier alpha value is -0.910. The van der Waals surface area contributed by atoms with Crippen molar-refractivity contribution in [1.29, 1.82) is 0 Å². The quantitative estimate of drug-likeness (QED) is 0.731. The van der Waals surface area contributed by atoms with Crippen molar-refractivity contribution < 1.29 is 18.0 Å². The largest absolute Gasteiger partial charge is 0.441 e. The van der Waals surface area contributed by atoms with E-state index in [0.717, 1.165) is 6.42 Å². The van der Waals surface area contributed by atoms with Crippen molar-refractivity contribution in [3.05, 3.63) is 24.0 Å². The highest BCUT2D eigenvalue weighted by atomic mass is 32.2. The number of nitrogens with zero attached hydrogens (tertiary/aromatic N) is 1. The topological polar surface area (TPSA) is 22.0 Å². The molecule has 0 amide bonds. The number of rotatable bonds is 6. The van der Waals surface area contributed by atoms with Gasteiger partial charge in [-0.25, -0.2) is 0 Å². The molecule has 0 unspecified atom stereocenters. The fourth-order valence-corrected chi connectivity index (χ4v) is 1.92. The van der Waals surface area contributed by atoms with E-state index in [2.05, 4.69) is 0 Å². The Labute approximate surface area is 102 Å². The van der Waals surface area contributed by atoms with Crippen LogP contribution in [0.25, 0.3) is 0 Å². The van der Waals surface area contributed by atoms with Crippen molar-refractivity contribution in [3.8, 4) is 0 Å². The first-order valence-electron chi connectivity index (χ1n) is 5.32. The van der Waals surface area contributed by atoms with Gasteiger partial charge in [0.05, 0.1) is 0 Å². The highest BCUT2D eigenvalue weighted by Crippen LogP contribution is 2.30. The third kappa shape index (κ3) is 5.30. The van der Waals surface area contributed by atoms with Gasteiger partial charge in [0, 0.05) is 36.7 Å². The molecule has 0 aliphatic carbocycles. The molecule has 0 atom stereocenters. The van der Waals surface area contributed by atoms with E-state index in [1.54, 1.807) is 23.0 Å². The number of carbonyl (C=O) groups excluding carboxylic acids is 1. The summed E-state index contributed by atoms with van der Waals surface area (Å²) in [5, 5.41) is 0. The minimum atomic E-state index is -4.19. The van der Waals surface area contributed by atoms with E-state index in [-0.39, 0.29) is 29.8 Å². The molecule has 0 spiro atoms. The Morgan fingerprint density at radius 3 is 2.76 bits per heavy atom. The molecule has 6 heteroatoms. The highest BCUT2D eigenvalue weighted by molar-refractivity contribution is 8.00. The number of aryl methyl sites for hydroxylation is 1. The summed E-state index contributed by atoms with van der Waals surface area (Å²) in [5.74, 6) is -0.00529. The zero-order chi connectivity index (χ0) is 12.9.